The lowest BCUT2D eigenvalue weighted by atomic mass is 10.0. The van der Waals surface area contributed by atoms with Gasteiger partial charge in [0.25, 0.3) is 0 Å². The molecule has 8 nitrogen and oxygen atoms in total. The summed E-state index contributed by atoms with van der Waals surface area (Å²) in [7, 11) is 0. The Morgan fingerprint density at radius 3 is 3.00 bits per heavy atom. The molecule has 4 heterocycles. The minimum atomic E-state index is -0.199. The zero-order valence-corrected chi connectivity index (χ0v) is 14.5. The van der Waals surface area contributed by atoms with Crippen LogP contribution in [0.25, 0.3) is 21.9 Å². The first-order chi connectivity index (χ1) is 12.7. The van der Waals surface area contributed by atoms with Crippen LogP contribution >= 0.6 is 0 Å². The van der Waals surface area contributed by atoms with Crippen LogP contribution in [-0.4, -0.2) is 45.0 Å². The SMILES string of the molecule is Cc1nc(N2CCC(NC(=O)CC#N)CC2)c2c(cnc3nccc32)[nH]1. The first-order valence-electron chi connectivity index (χ1n) is 8.67. The van der Waals surface area contributed by atoms with Gasteiger partial charge in [-0.2, -0.15) is 5.26 Å². The molecule has 2 N–H and O–H groups in total. The number of nitrogens with zero attached hydrogens (tertiary/aromatic N) is 5. The molecule has 132 valence electrons. The summed E-state index contributed by atoms with van der Waals surface area (Å²) < 4.78 is 0. The van der Waals surface area contributed by atoms with Crippen molar-refractivity contribution in [3.8, 4) is 6.07 Å². The predicted octanol–water partition coefficient (Wildman–Crippen LogP) is 1.81. The molecule has 8 heteroatoms. The normalized spacial score (nSPS) is 15.3. The smallest absolute Gasteiger partial charge is 0.234 e. The molecular formula is C18H19N7O. The Kier molecular flexibility index (Phi) is 4.13. The highest BCUT2D eigenvalue weighted by Crippen LogP contribution is 2.31. The van der Waals surface area contributed by atoms with E-state index in [2.05, 4.69) is 25.2 Å². The summed E-state index contributed by atoms with van der Waals surface area (Å²) >= 11 is 0. The lowest BCUT2D eigenvalue weighted by molar-refractivity contribution is -0.120. The summed E-state index contributed by atoms with van der Waals surface area (Å²) in [5.41, 5.74) is 1.66. The van der Waals surface area contributed by atoms with Crippen molar-refractivity contribution in [1.82, 2.24) is 25.3 Å². The molecular weight excluding hydrogens is 330 g/mol. The largest absolute Gasteiger partial charge is 0.356 e. The third-order valence-electron chi connectivity index (χ3n) is 4.75. The van der Waals surface area contributed by atoms with Crippen LogP contribution in [0.1, 0.15) is 25.1 Å². The van der Waals surface area contributed by atoms with Crippen LogP contribution in [0.4, 0.5) is 5.82 Å². The van der Waals surface area contributed by atoms with Crippen molar-refractivity contribution in [2.75, 3.05) is 18.0 Å². The van der Waals surface area contributed by atoms with Crippen LogP contribution in [-0.2, 0) is 4.79 Å². The second-order valence-corrected chi connectivity index (χ2v) is 6.54. The zero-order chi connectivity index (χ0) is 18.1. The number of carbonyl (C=O) groups is 1. The van der Waals surface area contributed by atoms with Gasteiger partial charge in [-0.25, -0.2) is 15.0 Å². The van der Waals surface area contributed by atoms with E-state index >= 15 is 0 Å². The number of carbonyl (C=O) groups excluding carboxylic acids is 1. The molecule has 0 aliphatic carbocycles. The van der Waals surface area contributed by atoms with Gasteiger partial charge in [-0.3, -0.25) is 4.79 Å². The summed E-state index contributed by atoms with van der Waals surface area (Å²) in [5, 5.41) is 13.6. The number of aromatic nitrogens is 4. The van der Waals surface area contributed by atoms with Crippen molar-refractivity contribution < 1.29 is 4.79 Å². The number of hydrogen-bond acceptors (Lipinski definition) is 6. The van der Waals surface area contributed by atoms with Gasteiger partial charge in [0.15, 0.2) is 5.65 Å². The van der Waals surface area contributed by atoms with E-state index in [1.54, 1.807) is 12.4 Å². The minimum absolute atomic E-state index is 0.0882. The van der Waals surface area contributed by atoms with Crippen molar-refractivity contribution >= 4 is 33.7 Å². The highest BCUT2D eigenvalue weighted by atomic mass is 16.1. The quantitative estimate of drug-likeness (QED) is 0.746. The van der Waals surface area contributed by atoms with Crippen molar-refractivity contribution in [3.63, 3.8) is 0 Å². The number of nitriles is 1. The number of pyridine rings is 1. The number of aryl methyl sites for hydroxylation is 1. The molecule has 0 atom stereocenters. The van der Waals surface area contributed by atoms with E-state index in [4.69, 9.17) is 10.2 Å². The Morgan fingerprint density at radius 2 is 2.23 bits per heavy atom. The molecule has 3 aromatic rings. The third-order valence-corrected chi connectivity index (χ3v) is 4.75. The Bertz CT molecular complexity index is 1010. The topological polar surface area (TPSA) is 111 Å². The summed E-state index contributed by atoms with van der Waals surface area (Å²) in [6.07, 6.45) is 5.13. The maximum Gasteiger partial charge on any atom is 0.234 e. The standard InChI is InChI=1S/C18H19N7O/c1-11-22-14-10-21-17-13(3-7-20-17)16(14)18(23-11)25-8-4-12(5-9-25)24-15(26)2-6-19/h3,7,10,12H,2,4-5,8-9H2,1H3,(H,22,23)(H,24,26). The minimum Gasteiger partial charge on any atom is -0.356 e. The van der Waals surface area contributed by atoms with Gasteiger partial charge >= 0.3 is 0 Å². The van der Waals surface area contributed by atoms with Gasteiger partial charge in [0.2, 0.25) is 5.91 Å². The van der Waals surface area contributed by atoms with Crippen LogP contribution in [0, 0.1) is 18.3 Å². The summed E-state index contributed by atoms with van der Waals surface area (Å²) in [4.78, 5) is 30.6. The van der Waals surface area contributed by atoms with Crippen LogP contribution in [0.15, 0.2) is 18.5 Å². The van der Waals surface area contributed by atoms with Gasteiger partial charge < -0.3 is 15.2 Å². The highest BCUT2D eigenvalue weighted by molar-refractivity contribution is 6.09. The maximum absolute atomic E-state index is 11.6. The van der Waals surface area contributed by atoms with E-state index in [-0.39, 0.29) is 18.4 Å². The maximum atomic E-state index is 11.6. The van der Waals surface area contributed by atoms with E-state index in [0.29, 0.717) is 0 Å². The van der Waals surface area contributed by atoms with E-state index in [9.17, 15) is 4.79 Å². The molecule has 1 aliphatic rings. The van der Waals surface area contributed by atoms with Crippen molar-refractivity contribution in [2.45, 2.75) is 32.2 Å². The molecule has 26 heavy (non-hydrogen) atoms. The summed E-state index contributed by atoms with van der Waals surface area (Å²) in [6, 6.07) is 3.96. The van der Waals surface area contributed by atoms with Crippen molar-refractivity contribution in [2.24, 2.45) is 0 Å². The fourth-order valence-electron chi connectivity index (χ4n) is 3.55. The lowest BCUT2D eigenvalue weighted by Gasteiger charge is -2.33. The van der Waals surface area contributed by atoms with E-state index in [0.717, 1.165) is 59.5 Å². The van der Waals surface area contributed by atoms with Gasteiger partial charge in [0, 0.05) is 30.7 Å². The first-order valence-corrected chi connectivity index (χ1v) is 8.67. The number of rotatable bonds is 3. The van der Waals surface area contributed by atoms with E-state index in [1.807, 2.05) is 19.1 Å². The average Bonchev–Trinajstić information content (AvgIpc) is 3.10. The van der Waals surface area contributed by atoms with E-state index in [1.165, 1.54) is 0 Å². The van der Waals surface area contributed by atoms with Gasteiger partial charge in [0.05, 0.1) is 23.2 Å². The fourth-order valence-corrected chi connectivity index (χ4v) is 3.55. The molecule has 1 fully saturated rings. The molecule has 0 bridgehead atoms. The molecule has 1 amide bonds. The molecule has 4 rings (SSSR count). The van der Waals surface area contributed by atoms with Gasteiger partial charge in [-0.15, -0.1) is 0 Å². The number of fused-ring (bicyclic) bond motifs is 3. The second kappa shape index (κ2) is 6.59. The molecule has 0 aromatic carbocycles. The highest BCUT2D eigenvalue weighted by Gasteiger charge is 2.24. The molecule has 0 spiro atoms. The summed E-state index contributed by atoms with van der Waals surface area (Å²) in [6.45, 7) is 3.52. The summed E-state index contributed by atoms with van der Waals surface area (Å²) in [5.74, 6) is 1.56. The number of piperidine rings is 1. The molecule has 0 unspecified atom stereocenters. The average molecular weight is 349 g/mol. The number of hydrogen-bond donors (Lipinski definition) is 2. The third kappa shape index (κ3) is 2.92. The zero-order valence-electron chi connectivity index (χ0n) is 14.5. The van der Waals surface area contributed by atoms with Crippen LogP contribution in [0.2, 0.25) is 0 Å². The van der Waals surface area contributed by atoms with Crippen LogP contribution < -0.4 is 10.2 Å². The number of anilines is 1. The molecule has 1 saturated heterocycles. The predicted molar refractivity (Wildman–Crippen MR) is 97.5 cm³/mol. The van der Waals surface area contributed by atoms with Crippen molar-refractivity contribution in [3.05, 3.63) is 24.3 Å². The first kappa shape index (κ1) is 16.3. The lowest BCUT2D eigenvalue weighted by Crippen LogP contribution is -2.45. The Morgan fingerprint density at radius 1 is 1.42 bits per heavy atom. The molecule has 1 aliphatic heterocycles. The van der Waals surface area contributed by atoms with Gasteiger partial charge in [0.1, 0.15) is 18.1 Å². The van der Waals surface area contributed by atoms with E-state index < -0.39 is 0 Å². The molecule has 3 aromatic heterocycles. The van der Waals surface area contributed by atoms with Crippen LogP contribution in [0.5, 0.6) is 0 Å². The molecule has 0 radical (unpaired) electrons. The number of aromatic amines is 1. The van der Waals surface area contributed by atoms with Gasteiger partial charge in [-0.1, -0.05) is 0 Å². The molecule has 0 saturated carbocycles. The Balaban J connectivity index is 1.63. The fraction of sp³-hybridized carbons (Fsp3) is 0.389. The number of nitrogens with one attached hydrogen (secondary N) is 2. The van der Waals surface area contributed by atoms with Crippen molar-refractivity contribution in [1.29, 1.82) is 5.26 Å². The van der Waals surface area contributed by atoms with Crippen LogP contribution in [0.3, 0.4) is 0 Å². The number of H-pyrrole nitrogens is 1. The second-order valence-electron chi connectivity index (χ2n) is 6.54. The Hall–Kier alpha value is -3.21. The Labute approximate surface area is 150 Å². The van der Waals surface area contributed by atoms with Gasteiger partial charge in [-0.05, 0) is 25.8 Å². The monoisotopic (exact) mass is 349 g/mol. The number of amides is 1.